The van der Waals surface area contributed by atoms with Crippen LogP contribution in [0, 0.1) is 0 Å². The summed E-state index contributed by atoms with van der Waals surface area (Å²) < 4.78 is 42.9. The molecule has 0 aliphatic heterocycles. The second-order valence-corrected chi connectivity index (χ2v) is 9.84. The zero-order valence-corrected chi connectivity index (χ0v) is 21.7. The largest absolute Gasteiger partial charge is 0.513 e. The number of methoxy groups -OCH3 is 2. The molecule has 0 saturated carbocycles. The van der Waals surface area contributed by atoms with Crippen molar-refractivity contribution < 1.29 is 32.2 Å². The van der Waals surface area contributed by atoms with E-state index in [1.807, 2.05) is 0 Å². The third-order valence-electron chi connectivity index (χ3n) is 4.67. The average molecular weight is 576 g/mol. The number of carbonyl (C=O) groups is 2. The summed E-state index contributed by atoms with van der Waals surface area (Å²) in [6.07, 6.45) is 0.430. The Morgan fingerprint density at radius 1 is 1.00 bits per heavy atom. The van der Waals surface area contributed by atoms with E-state index in [0.29, 0.717) is 15.7 Å². The van der Waals surface area contributed by atoms with Crippen molar-refractivity contribution in [2.75, 3.05) is 25.1 Å². The molecule has 0 spiro atoms. The summed E-state index contributed by atoms with van der Waals surface area (Å²) in [4.78, 5) is 24.0. The van der Waals surface area contributed by atoms with Crippen molar-refractivity contribution in [3.05, 3.63) is 82.8 Å². The first-order chi connectivity index (χ1) is 17.2. The van der Waals surface area contributed by atoms with Crippen LogP contribution in [-0.4, -0.2) is 47.5 Å². The monoisotopic (exact) mass is 575 g/mol. The highest BCUT2D eigenvalue weighted by atomic mass is 79.9. The molecule has 0 radical (unpaired) electrons. The van der Waals surface area contributed by atoms with E-state index >= 15 is 0 Å². The number of benzene rings is 3. The summed E-state index contributed by atoms with van der Waals surface area (Å²) in [5.74, 6) is -0.282. The van der Waals surface area contributed by atoms with Gasteiger partial charge in [-0.1, -0.05) is 40.2 Å². The van der Waals surface area contributed by atoms with E-state index in [1.54, 1.807) is 48.5 Å². The number of nitrogens with one attached hydrogen (secondary N) is 1. The molecule has 188 valence electrons. The fourth-order valence-electron chi connectivity index (χ4n) is 2.99. The first-order valence-electron chi connectivity index (χ1n) is 10.3. The van der Waals surface area contributed by atoms with Gasteiger partial charge in [0.15, 0.2) is 11.5 Å². The number of halogens is 1. The van der Waals surface area contributed by atoms with Crippen LogP contribution >= 0.6 is 15.9 Å². The van der Waals surface area contributed by atoms with Gasteiger partial charge < -0.3 is 14.2 Å². The van der Waals surface area contributed by atoms with Crippen LogP contribution in [0.5, 0.6) is 11.5 Å². The first-order valence-corrected chi connectivity index (χ1v) is 12.6. The number of anilines is 1. The summed E-state index contributed by atoms with van der Waals surface area (Å²) >= 11 is 3.33. The Bertz CT molecular complexity index is 1370. The van der Waals surface area contributed by atoms with E-state index in [1.165, 1.54) is 44.7 Å². The van der Waals surface area contributed by atoms with Crippen molar-refractivity contribution in [3.63, 3.8) is 0 Å². The highest BCUT2D eigenvalue weighted by Crippen LogP contribution is 2.28. The molecule has 1 N–H and O–H groups in total. The number of hydrogen-bond donors (Lipinski definition) is 1. The molecule has 0 aromatic heterocycles. The van der Waals surface area contributed by atoms with Gasteiger partial charge in [-0.25, -0.2) is 18.6 Å². The minimum atomic E-state index is -4.04. The van der Waals surface area contributed by atoms with Crippen LogP contribution in [0.1, 0.15) is 5.56 Å². The summed E-state index contributed by atoms with van der Waals surface area (Å²) in [5.41, 5.74) is 3.15. The third-order valence-corrected chi connectivity index (χ3v) is 6.95. The highest BCUT2D eigenvalue weighted by molar-refractivity contribution is 9.10. The number of hydrogen-bond acceptors (Lipinski definition) is 8. The molecule has 0 fully saturated rings. The summed E-state index contributed by atoms with van der Waals surface area (Å²) in [6.45, 7) is -0.514. The fourth-order valence-corrected chi connectivity index (χ4v) is 4.81. The van der Waals surface area contributed by atoms with Gasteiger partial charge in [-0.2, -0.15) is 5.10 Å². The SMILES string of the molecule is COC(=O)Oc1ccc(/C=N/NC(=O)CN(c2cccc(Br)c2)S(=O)(=O)c2ccccc2)cc1OC. The minimum Gasteiger partial charge on any atom is -0.493 e. The molecule has 0 heterocycles. The van der Waals surface area contributed by atoms with Gasteiger partial charge >= 0.3 is 6.16 Å². The Kier molecular flexibility index (Phi) is 9.03. The van der Waals surface area contributed by atoms with Gasteiger partial charge in [-0.3, -0.25) is 9.10 Å². The van der Waals surface area contributed by atoms with Crippen LogP contribution in [-0.2, 0) is 19.6 Å². The number of ether oxygens (including phenoxy) is 3. The maximum absolute atomic E-state index is 13.3. The molecular weight excluding hydrogens is 554 g/mol. The molecule has 0 aliphatic rings. The quantitative estimate of drug-likeness (QED) is 0.177. The van der Waals surface area contributed by atoms with Gasteiger partial charge in [0.1, 0.15) is 6.54 Å². The number of carbonyl (C=O) groups excluding carboxylic acids is 2. The number of hydrazone groups is 1. The van der Waals surface area contributed by atoms with Crippen molar-refractivity contribution in [1.82, 2.24) is 5.43 Å². The van der Waals surface area contributed by atoms with E-state index in [2.05, 4.69) is 31.2 Å². The van der Waals surface area contributed by atoms with E-state index < -0.39 is 28.6 Å². The second kappa shape index (κ2) is 12.2. The van der Waals surface area contributed by atoms with E-state index in [-0.39, 0.29) is 16.4 Å². The molecule has 0 aliphatic carbocycles. The van der Waals surface area contributed by atoms with Crippen LogP contribution in [0.15, 0.2) is 87.3 Å². The molecule has 1 amide bonds. The lowest BCUT2D eigenvalue weighted by Gasteiger charge is -2.23. The Morgan fingerprint density at radius 2 is 1.75 bits per heavy atom. The predicted octanol–water partition coefficient (Wildman–Crippen LogP) is 3.95. The Morgan fingerprint density at radius 3 is 2.42 bits per heavy atom. The van der Waals surface area contributed by atoms with Gasteiger partial charge in [-0.15, -0.1) is 0 Å². The predicted molar refractivity (Wildman–Crippen MR) is 137 cm³/mol. The van der Waals surface area contributed by atoms with Crippen LogP contribution in [0.3, 0.4) is 0 Å². The van der Waals surface area contributed by atoms with E-state index in [0.717, 1.165) is 4.31 Å². The maximum Gasteiger partial charge on any atom is 0.513 e. The Labute approximate surface area is 216 Å². The minimum absolute atomic E-state index is 0.0441. The average Bonchev–Trinajstić information content (AvgIpc) is 2.88. The number of rotatable bonds is 9. The summed E-state index contributed by atoms with van der Waals surface area (Å²) in [5, 5.41) is 3.90. The fraction of sp³-hybridized carbons (Fsp3) is 0.125. The number of amides is 1. The second-order valence-electron chi connectivity index (χ2n) is 7.06. The molecule has 0 unspecified atom stereocenters. The smallest absolute Gasteiger partial charge is 0.493 e. The zero-order valence-electron chi connectivity index (χ0n) is 19.3. The normalized spacial score (nSPS) is 11.1. The molecule has 3 rings (SSSR count). The van der Waals surface area contributed by atoms with Crippen LogP contribution in [0.2, 0.25) is 0 Å². The lowest BCUT2D eigenvalue weighted by Crippen LogP contribution is -2.39. The maximum atomic E-state index is 13.3. The molecule has 12 heteroatoms. The molecule has 0 bridgehead atoms. The molecule has 10 nitrogen and oxygen atoms in total. The van der Waals surface area contributed by atoms with Crippen molar-refractivity contribution in [2.45, 2.75) is 4.90 Å². The van der Waals surface area contributed by atoms with Crippen molar-refractivity contribution in [1.29, 1.82) is 0 Å². The summed E-state index contributed by atoms with van der Waals surface area (Å²) in [7, 11) is -1.46. The standard InChI is InChI=1S/C24H22BrN3O7S/c1-33-22-13-17(11-12-21(22)35-24(30)34-2)15-26-27-23(29)16-28(19-8-6-7-18(25)14-19)36(31,32)20-9-4-3-5-10-20/h3-15H,16H2,1-2H3,(H,27,29)/b26-15+. The van der Waals surface area contributed by atoms with Crippen molar-refractivity contribution in [2.24, 2.45) is 5.10 Å². The van der Waals surface area contributed by atoms with Crippen LogP contribution < -0.4 is 19.2 Å². The van der Waals surface area contributed by atoms with E-state index in [4.69, 9.17) is 9.47 Å². The number of sulfonamides is 1. The van der Waals surface area contributed by atoms with Crippen molar-refractivity contribution >= 4 is 49.9 Å². The molecule has 0 saturated heterocycles. The van der Waals surface area contributed by atoms with Crippen molar-refractivity contribution in [3.8, 4) is 11.5 Å². The molecule has 36 heavy (non-hydrogen) atoms. The van der Waals surface area contributed by atoms with Gasteiger partial charge in [-0.05, 0) is 54.1 Å². The lowest BCUT2D eigenvalue weighted by atomic mass is 10.2. The molecular formula is C24H22BrN3O7S. The molecule has 3 aromatic rings. The molecule has 3 aromatic carbocycles. The zero-order chi connectivity index (χ0) is 26.1. The van der Waals surface area contributed by atoms with Crippen LogP contribution in [0.25, 0.3) is 0 Å². The highest BCUT2D eigenvalue weighted by Gasteiger charge is 2.27. The number of nitrogens with zero attached hydrogens (tertiary/aromatic N) is 2. The Balaban J connectivity index is 1.77. The topological polar surface area (TPSA) is 124 Å². The summed E-state index contributed by atoms with van der Waals surface area (Å²) in [6, 6.07) is 19.0. The van der Waals surface area contributed by atoms with Gasteiger partial charge in [0.2, 0.25) is 0 Å². The van der Waals surface area contributed by atoms with Gasteiger partial charge in [0, 0.05) is 4.47 Å². The third kappa shape index (κ3) is 6.83. The van der Waals surface area contributed by atoms with Gasteiger partial charge in [0.05, 0.1) is 31.0 Å². The van der Waals surface area contributed by atoms with Crippen LogP contribution in [0.4, 0.5) is 10.5 Å². The lowest BCUT2D eigenvalue weighted by molar-refractivity contribution is -0.119. The Hall–Kier alpha value is -3.90. The first kappa shape index (κ1) is 26.7. The molecule has 0 atom stereocenters. The van der Waals surface area contributed by atoms with Gasteiger partial charge in [0.25, 0.3) is 15.9 Å². The van der Waals surface area contributed by atoms with E-state index in [9.17, 15) is 18.0 Å².